The molecule has 1 aromatic carbocycles. The second kappa shape index (κ2) is 6.40. The molecule has 2 heterocycles. The molecule has 0 bridgehead atoms. The number of nitrogen functional groups attached to an aromatic ring is 2. The number of nitrogens with two attached hydrogens (primary N) is 2. The van der Waals surface area contributed by atoms with Gasteiger partial charge in [-0.2, -0.15) is 4.98 Å². The first kappa shape index (κ1) is 4.85. The summed E-state index contributed by atoms with van der Waals surface area (Å²) in [6.07, 6.45) is -14.9. The summed E-state index contributed by atoms with van der Waals surface area (Å²) in [5, 5.41) is 0. The van der Waals surface area contributed by atoms with Gasteiger partial charge in [-0.3, -0.25) is 0 Å². The molecule has 26 heavy (non-hydrogen) atoms. The molecule has 2 aromatic rings. The van der Waals surface area contributed by atoms with Crippen molar-refractivity contribution < 1.29 is 44.5 Å². The zero-order valence-corrected chi connectivity index (χ0v) is 12.5. The molecule has 1 saturated carbocycles. The lowest BCUT2D eigenvalue weighted by Gasteiger charge is -2.26. The van der Waals surface area contributed by atoms with Crippen LogP contribution >= 0.6 is 0 Å². The standard InChI is InChI=1S/C19H22N4O3/c1-24-15-8-11(7-12-9-22-19(21)23-18(12)20)13-5-6-14(10-3-4-10)26-16(13)17(15)25-2/h5-6,8-10,14H,3-4,7H2,1-2H3,(H4,20,21,22,23)/i1D3,2D3,3D2,4D2,5D,6D,7D2,8D,9D,10D,14D/hD4. The van der Waals surface area contributed by atoms with Crippen molar-refractivity contribution in [1.29, 1.82) is 0 Å². The molecular weight excluding hydrogens is 332 g/mol. The Hall–Kier alpha value is -2.96. The van der Waals surface area contributed by atoms with E-state index in [1.54, 1.807) is 0 Å². The summed E-state index contributed by atoms with van der Waals surface area (Å²) in [4.78, 5) is 6.98. The topological polar surface area (TPSA) is 106 Å². The van der Waals surface area contributed by atoms with Gasteiger partial charge in [-0.1, -0.05) is 6.05 Å². The Morgan fingerprint density at radius 1 is 1.46 bits per heavy atom. The third-order valence-corrected chi connectivity index (χ3v) is 3.26. The van der Waals surface area contributed by atoms with E-state index in [4.69, 9.17) is 44.5 Å². The third-order valence-electron chi connectivity index (χ3n) is 3.26. The van der Waals surface area contributed by atoms with E-state index in [9.17, 15) is 0 Å². The molecule has 4 rings (SSSR count). The molecule has 1 unspecified atom stereocenters. The monoisotopic (exact) mass is 376 g/mol. The lowest BCUT2D eigenvalue weighted by atomic mass is 9.96. The molecule has 7 heteroatoms. The molecule has 4 N–H and O–H groups in total. The summed E-state index contributed by atoms with van der Waals surface area (Å²) in [5.41, 5.74) is -4.29. The van der Waals surface area contributed by atoms with Gasteiger partial charge < -0.3 is 25.7 Å². The van der Waals surface area contributed by atoms with Gasteiger partial charge >= 0.3 is 0 Å². The Morgan fingerprint density at radius 3 is 3.15 bits per heavy atom. The highest BCUT2D eigenvalue weighted by Gasteiger charge is 2.35. The molecule has 0 spiro atoms. The molecule has 7 nitrogen and oxygen atoms in total. The highest BCUT2D eigenvalue weighted by atomic mass is 16.5. The van der Waals surface area contributed by atoms with Crippen molar-refractivity contribution in [3.05, 3.63) is 35.0 Å². The highest BCUT2D eigenvalue weighted by molar-refractivity contribution is 5.72. The Bertz CT molecular complexity index is 1690. The Morgan fingerprint density at radius 2 is 2.38 bits per heavy atom. The van der Waals surface area contributed by atoms with Crippen molar-refractivity contribution in [2.45, 2.75) is 25.2 Å². The predicted molar refractivity (Wildman–Crippen MR) is 99.4 cm³/mol. The van der Waals surface area contributed by atoms with E-state index in [2.05, 4.69) is 9.97 Å². The van der Waals surface area contributed by atoms with Gasteiger partial charge in [-0.05, 0) is 36.3 Å². The first-order chi connectivity index (χ1) is 21.4. The maximum absolute atomic E-state index is 9.01. The van der Waals surface area contributed by atoms with Crippen LogP contribution in [-0.2, 0) is 6.37 Å². The fraction of sp³-hybridized carbons (Fsp3) is 0.368. The fourth-order valence-electron chi connectivity index (χ4n) is 2.08. The number of hydrogen-bond donors (Lipinski definition) is 2. The molecule has 1 fully saturated rings. The molecule has 2 aliphatic rings. The second-order valence-electron chi connectivity index (χ2n) is 4.83. The lowest BCUT2D eigenvalue weighted by Crippen LogP contribution is -2.20. The quantitative estimate of drug-likeness (QED) is 0.764. The SMILES string of the molecule is [2H]C1=C([2H])C([2H])(C2([2H])C([2H])([2H])C2([2H])[2H])Oc2c(OC([2H])([2H])[2H])c(OC([2H])([2H])[2H])c([2H])c(C([2H])([2H])c3c([2H])nc(N([2H])[2H])nc3N([2H])[2H])c21. The minimum absolute atomic E-state index is 0.254. The minimum Gasteiger partial charge on any atom is -0.493 e. The average Bonchev–Trinajstić information content (AvgIpc) is 3.24. The molecule has 1 aromatic heterocycles. The Kier molecular flexibility index (Phi) is 1.19. The zero-order chi connectivity index (χ0) is 37.1. The number of anilines is 2. The number of benzene rings is 1. The van der Waals surface area contributed by atoms with E-state index in [-0.39, 0.29) is 11.4 Å². The Balaban J connectivity index is 2.24. The van der Waals surface area contributed by atoms with Crippen molar-refractivity contribution in [2.75, 3.05) is 25.5 Å². The molecule has 0 radical (unpaired) electrons. The fourth-order valence-corrected chi connectivity index (χ4v) is 2.08. The number of aromatic nitrogens is 2. The van der Waals surface area contributed by atoms with Gasteiger partial charge in [0.2, 0.25) is 11.7 Å². The number of ether oxygens (including phenoxy) is 3. The van der Waals surface area contributed by atoms with Crippen LogP contribution in [-0.4, -0.2) is 30.1 Å². The largest absolute Gasteiger partial charge is 0.493 e. The van der Waals surface area contributed by atoms with E-state index in [0.717, 1.165) is 0 Å². The molecule has 1 aliphatic heterocycles. The van der Waals surface area contributed by atoms with Crippen LogP contribution in [0, 0.1) is 5.89 Å². The van der Waals surface area contributed by atoms with Crippen LogP contribution in [0.25, 0.3) is 6.05 Å². The van der Waals surface area contributed by atoms with Gasteiger partial charge in [0.15, 0.2) is 17.1 Å². The van der Waals surface area contributed by atoms with Gasteiger partial charge in [0, 0.05) is 33.3 Å². The van der Waals surface area contributed by atoms with Crippen LogP contribution in [0.5, 0.6) is 17.2 Å². The molecule has 0 saturated heterocycles. The number of methoxy groups -OCH3 is 2. The van der Waals surface area contributed by atoms with Crippen LogP contribution in [0.4, 0.5) is 11.8 Å². The van der Waals surface area contributed by atoms with Crippen molar-refractivity contribution >= 4 is 17.8 Å². The first-order valence-corrected chi connectivity index (χ1v) is 6.82. The summed E-state index contributed by atoms with van der Waals surface area (Å²) in [6.45, 7) is 0. The van der Waals surface area contributed by atoms with Gasteiger partial charge in [-0.15, -0.1) is 0 Å². The predicted octanol–water partition coefficient (Wildman–Crippen LogP) is 2.43. The second-order valence-corrected chi connectivity index (χ2v) is 4.83. The molecule has 136 valence electrons. The molecular formula is C19H22N4O3. The van der Waals surface area contributed by atoms with E-state index in [1.807, 2.05) is 0 Å². The highest BCUT2D eigenvalue weighted by Crippen LogP contribution is 2.48. The van der Waals surface area contributed by atoms with Crippen LogP contribution in [0.1, 0.15) is 54.1 Å². The van der Waals surface area contributed by atoms with Gasteiger partial charge in [-0.25, -0.2) is 4.98 Å². The number of nitrogens with zero attached hydrogens (tertiary/aromatic N) is 2. The zero-order valence-electron chi connectivity index (χ0n) is 34.5. The van der Waals surface area contributed by atoms with Crippen molar-refractivity contribution in [2.24, 2.45) is 5.89 Å². The first-order valence-electron chi connectivity index (χ1n) is 17.6. The summed E-state index contributed by atoms with van der Waals surface area (Å²) < 4.78 is 193. The van der Waals surface area contributed by atoms with Crippen LogP contribution in [0.3, 0.4) is 0 Å². The van der Waals surface area contributed by atoms with E-state index < -0.39 is 115 Å². The number of rotatable bonds is 7. The van der Waals surface area contributed by atoms with Gasteiger partial charge in [0.1, 0.15) is 11.9 Å². The van der Waals surface area contributed by atoms with Crippen LogP contribution in [0.2, 0.25) is 5.65 Å². The third kappa shape index (κ3) is 2.89. The molecule has 1 aliphatic carbocycles. The Labute approximate surface area is 183 Å². The molecule has 0 amide bonds. The summed E-state index contributed by atoms with van der Waals surface area (Å²) in [7, 11) is -7.17. The average molecular weight is 377 g/mol. The minimum atomic E-state index is -3.59. The summed E-state index contributed by atoms with van der Waals surface area (Å²) in [6, 6.07) is -4.35. The van der Waals surface area contributed by atoms with Gasteiger partial charge in [0.25, 0.3) is 0 Å². The normalized spacial score (nSPS) is 40.3. The summed E-state index contributed by atoms with van der Waals surface area (Å²) >= 11 is 0. The maximum Gasteiger partial charge on any atom is 0.221 e. The van der Waals surface area contributed by atoms with Crippen molar-refractivity contribution in [3.8, 4) is 17.2 Å². The number of fused-ring (bicyclic) bond motifs is 1. The van der Waals surface area contributed by atoms with Crippen molar-refractivity contribution in [1.82, 2.24) is 9.97 Å². The smallest absolute Gasteiger partial charge is 0.221 e. The lowest BCUT2D eigenvalue weighted by molar-refractivity contribution is 0.209. The number of hydrogen-bond acceptors (Lipinski definition) is 7. The van der Waals surface area contributed by atoms with E-state index in [1.165, 1.54) is 0 Å². The van der Waals surface area contributed by atoms with Crippen LogP contribution < -0.4 is 25.7 Å². The van der Waals surface area contributed by atoms with E-state index >= 15 is 0 Å². The van der Waals surface area contributed by atoms with Crippen molar-refractivity contribution in [3.63, 3.8) is 0 Å². The maximum atomic E-state index is 9.01. The van der Waals surface area contributed by atoms with E-state index in [0.29, 0.717) is 0 Å². The molecule has 1 atom stereocenters. The van der Waals surface area contributed by atoms with Gasteiger partial charge in [0.05, 0.1) is 29.2 Å². The summed E-state index contributed by atoms with van der Waals surface area (Å²) in [5.74, 6) is -9.71. The van der Waals surface area contributed by atoms with Crippen LogP contribution in [0.15, 0.2) is 18.3 Å².